The van der Waals surface area contributed by atoms with Gasteiger partial charge < -0.3 is 0 Å². The van der Waals surface area contributed by atoms with Crippen LogP contribution in [0.25, 0.3) is 0 Å². The van der Waals surface area contributed by atoms with Gasteiger partial charge in [0.25, 0.3) is 0 Å². The lowest BCUT2D eigenvalue weighted by atomic mass is 10.3. The molecule has 0 fully saturated rings. The smallest absolute Gasteiger partial charge is 0.125 e. The molecule has 0 unspecified atom stereocenters. The van der Waals surface area contributed by atoms with E-state index in [-0.39, 0.29) is 5.82 Å². The summed E-state index contributed by atoms with van der Waals surface area (Å²) in [5.74, 6) is -0.325. The largest absolute Gasteiger partial charge is 0.283 e. The lowest BCUT2D eigenvalue weighted by Gasteiger charge is -1.90. The van der Waals surface area contributed by atoms with E-state index in [1.807, 2.05) is 0 Å². The van der Waals surface area contributed by atoms with Crippen molar-refractivity contribution >= 4 is 11.4 Å². The van der Waals surface area contributed by atoms with Crippen LogP contribution in [0.5, 0.6) is 0 Å². The summed E-state index contributed by atoms with van der Waals surface area (Å²) in [6, 6.07) is 5.92. The number of nitrogens with one attached hydrogen (secondary N) is 1. The quantitative estimate of drug-likeness (QED) is 0.727. The third kappa shape index (κ3) is 2.01. The zero-order valence-electron chi connectivity index (χ0n) is 7.18. The lowest BCUT2D eigenvalue weighted by molar-refractivity contribution is 0.628. The average molecular weight is 190 g/mol. The van der Waals surface area contributed by atoms with Gasteiger partial charge in [0.15, 0.2) is 0 Å². The molecule has 0 aliphatic heterocycles. The zero-order chi connectivity index (χ0) is 9.80. The summed E-state index contributed by atoms with van der Waals surface area (Å²) in [4.78, 5) is 0. The van der Waals surface area contributed by atoms with Gasteiger partial charge in [-0.1, -0.05) is 6.07 Å². The molecule has 0 saturated carbocycles. The van der Waals surface area contributed by atoms with Crippen molar-refractivity contribution in [2.24, 2.45) is 10.2 Å². The third-order valence-corrected chi connectivity index (χ3v) is 1.57. The molecule has 5 heteroatoms. The molecule has 1 N–H and O–H groups in total. The van der Waals surface area contributed by atoms with Gasteiger partial charge in [0.05, 0.1) is 11.9 Å². The molecule has 14 heavy (non-hydrogen) atoms. The number of benzene rings is 1. The van der Waals surface area contributed by atoms with Gasteiger partial charge in [-0.25, -0.2) is 4.39 Å². The van der Waals surface area contributed by atoms with Crippen molar-refractivity contribution in [2.45, 2.75) is 0 Å². The topological polar surface area (TPSA) is 53.4 Å². The second-order valence-electron chi connectivity index (χ2n) is 2.64. The fraction of sp³-hybridized carbons (Fsp3) is 0. The second-order valence-corrected chi connectivity index (χ2v) is 2.64. The van der Waals surface area contributed by atoms with Crippen molar-refractivity contribution in [2.75, 3.05) is 0 Å². The van der Waals surface area contributed by atoms with Crippen LogP contribution < -0.4 is 0 Å². The van der Waals surface area contributed by atoms with Crippen LogP contribution in [0.4, 0.5) is 15.8 Å². The molecular weight excluding hydrogens is 183 g/mol. The molecule has 1 heterocycles. The van der Waals surface area contributed by atoms with Crippen molar-refractivity contribution in [1.29, 1.82) is 0 Å². The van der Waals surface area contributed by atoms with Crippen LogP contribution in [0.2, 0.25) is 0 Å². The van der Waals surface area contributed by atoms with Gasteiger partial charge in [0.1, 0.15) is 11.5 Å². The van der Waals surface area contributed by atoms with Crippen molar-refractivity contribution in [1.82, 2.24) is 10.2 Å². The Morgan fingerprint density at radius 3 is 2.79 bits per heavy atom. The third-order valence-electron chi connectivity index (χ3n) is 1.57. The molecule has 0 aliphatic carbocycles. The highest BCUT2D eigenvalue weighted by Gasteiger charge is 1.92. The van der Waals surface area contributed by atoms with Gasteiger partial charge in [0, 0.05) is 12.3 Å². The molecule has 0 atom stereocenters. The molecule has 2 rings (SSSR count). The summed E-state index contributed by atoms with van der Waals surface area (Å²) in [5, 5.41) is 14.0. The molecule has 4 nitrogen and oxygen atoms in total. The molecule has 1 aromatic carbocycles. The fourth-order valence-corrected chi connectivity index (χ4v) is 0.953. The minimum atomic E-state index is -0.325. The molecule has 0 amide bonds. The molecule has 70 valence electrons. The van der Waals surface area contributed by atoms with E-state index in [1.165, 1.54) is 18.3 Å². The van der Waals surface area contributed by atoms with Gasteiger partial charge in [-0.2, -0.15) is 10.2 Å². The van der Waals surface area contributed by atoms with Gasteiger partial charge in [-0.05, 0) is 12.1 Å². The highest BCUT2D eigenvalue weighted by molar-refractivity contribution is 5.37. The van der Waals surface area contributed by atoms with Crippen molar-refractivity contribution < 1.29 is 4.39 Å². The Morgan fingerprint density at radius 2 is 2.07 bits per heavy atom. The van der Waals surface area contributed by atoms with E-state index in [1.54, 1.807) is 18.3 Å². The number of nitrogens with zero attached hydrogens (tertiary/aromatic N) is 3. The standard InChI is InChI=1S/C9H7FN4/c10-7-2-1-3-8(4-7)13-14-9-5-11-12-6-9/h1-6H,(H,11,12). The molecular formula is C9H7FN4. The number of hydrogen-bond acceptors (Lipinski definition) is 3. The van der Waals surface area contributed by atoms with Crippen LogP contribution >= 0.6 is 0 Å². The number of rotatable bonds is 2. The van der Waals surface area contributed by atoms with E-state index in [4.69, 9.17) is 0 Å². The van der Waals surface area contributed by atoms with Crippen LogP contribution in [0.15, 0.2) is 46.9 Å². The normalized spacial score (nSPS) is 10.9. The van der Waals surface area contributed by atoms with Gasteiger partial charge >= 0.3 is 0 Å². The molecule has 0 saturated heterocycles. The Kier molecular flexibility index (Phi) is 2.31. The lowest BCUT2D eigenvalue weighted by Crippen LogP contribution is -1.69. The SMILES string of the molecule is Fc1cccc(N=Nc2cn[nH]c2)c1. The van der Waals surface area contributed by atoms with Crippen molar-refractivity contribution in [3.05, 3.63) is 42.5 Å². The van der Waals surface area contributed by atoms with Gasteiger partial charge in [0.2, 0.25) is 0 Å². The highest BCUT2D eigenvalue weighted by Crippen LogP contribution is 2.17. The summed E-state index contributed by atoms with van der Waals surface area (Å²) in [6.07, 6.45) is 3.13. The maximum absolute atomic E-state index is 12.7. The van der Waals surface area contributed by atoms with E-state index < -0.39 is 0 Å². The first kappa shape index (κ1) is 8.55. The molecule has 0 bridgehead atoms. The van der Waals surface area contributed by atoms with Crippen LogP contribution in [-0.2, 0) is 0 Å². The number of azo groups is 1. The van der Waals surface area contributed by atoms with E-state index in [0.717, 1.165) is 0 Å². The summed E-state index contributed by atoms with van der Waals surface area (Å²) in [7, 11) is 0. The van der Waals surface area contributed by atoms with E-state index in [0.29, 0.717) is 11.4 Å². The Hall–Kier alpha value is -2.04. The van der Waals surface area contributed by atoms with Crippen molar-refractivity contribution in [3.8, 4) is 0 Å². The summed E-state index contributed by atoms with van der Waals surface area (Å²) in [5.41, 5.74) is 1.08. The minimum absolute atomic E-state index is 0.325. The highest BCUT2D eigenvalue weighted by atomic mass is 19.1. The number of aromatic nitrogens is 2. The zero-order valence-corrected chi connectivity index (χ0v) is 7.18. The van der Waals surface area contributed by atoms with Crippen LogP contribution in [0, 0.1) is 5.82 Å². The van der Waals surface area contributed by atoms with Crippen LogP contribution in [0.1, 0.15) is 0 Å². The van der Waals surface area contributed by atoms with E-state index in [2.05, 4.69) is 20.4 Å². The molecule has 0 spiro atoms. The number of H-pyrrole nitrogens is 1. The average Bonchev–Trinajstić information content (AvgIpc) is 2.67. The molecule has 0 radical (unpaired) electrons. The first-order chi connectivity index (χ1) is 6.84. The monoisotopic (exact) mass is 190 g/mol. The molecule has 2 aromatic rings. The number of aromatic amines is 1. The summed E-state index contributed by atoms with van der Waals surface area (Å²) in [6.45, 7) is 0. The Morgan fingerprint density at radius 1 is 1.21 bits per heavy atom. The molecule has 1 aromatic heterocycles. The number of halogens is 1. The maximum Gasteiger partial charge on any atom is 0.125 e. The predicted octanol–water partition coefficient (Wildman–Crippen LogP) is 2.96. The van der Waals surface area contributed by atoms with Gasteiger partial charge in [-0.15, -0.1) is 5.11 Å². The Bertz CT molecular complexity index is 436. The molecule has 0 aliphatic rings. The minimum Gasteiger partial charge on any atom is -0.283 e. The van der Waals surface area contributed by atoms with E-state index >= 15 is 0 Å². The summed E-state index contributed by atoms with van der Waals surface area (Å²) >= 11 is 0. The second kappa shape index (κ2) is 3.78. The Balaban J connectivity index is 2.18. The van der Waals surface area contributed by atoms with Crippen molar-refractivity contribution in [3.63, 3.8) is 0 Å². The van der Waals surface area contributed by atoms with Crippen LogP contribution in [0.3, 0.4) is 0 Å². The number of hydrogen-bond donors (Lipinski definition) is 1. The maximum atomic E-state index is 12.7. The van der Waals surface area contributed by atoms with E-state index in [9.17, 15) is 4.39 Å². The Labute approximate surface area is 79.5 Å². The first-order valence-corrected chi connectivity index (χ1v) is 4.01. The predicted molar refractivity (Wildman–Crippen MR) is 49.2 cm³/mol. The first-order valence-electron chi connectivity index (χ1n) is 4.01. The van der Waals surface area contributed by atoms with Crippen LogP contribution in [-0.4, -0.2) is 10.2 Å². The van der Waals surface area contributed by atoms with Gasteiger partial charge in [-0.3, -0.25) is 5.10 Å². The fourth-order valence-electron chi connectivity index (χ4n) is 0.953. The summed E-state index contributed by atoms with van der Waals surface area (Å²) < 4.78 is 12.7.